The predicted molar refractivity (Wildman–Crippen MR) is 153 cm³/mol. The molecule has 1 aliphatic heterocycles. The largest absolute Gasteiger partial charge is 0.353 e. The highest BCUT2D eigenvalue weighted by atomic mass is 35.5. The number of nitrogens with zero attached hydrogens (tertiary/aromatic N) is 1. The number of anilines is 2. The number of para-hydroxylation sites is 1. The van der Waals surface area contributed by atoms with Crippen molar-refractivity contribution in [2.45, 2.75) is 26.7 Å². The van der Waals surface area contributed by atoms with E-state index < -0.39 is 5.92 Å². The summed E-state index contributed by atoms with van der Waals surface area (Å²) in [5.41, 5.74) is 4.61. The fraction of sp³-hybridized carbons (Fsp3) is 0.179. The maximum Gasteiger partial charge on any atom is 0.254 e. The van der Waals surface area contributed by atoms with Crippen LogP contribution in [0, 0.1) is 25.2 Å². The van der Waals surface area contributed by atoms with Gasteiger partial charge >= 0.3 is 0 Å². The van der Waals surface area contributed by atoms with Gasteiger partial charge < -0.3 is 16.0 Å². The van der Waals surface area contributed by atoms with E-state index in [2.05, 4.69) is 22.0 Å². The number of thioether (sulfide) groups is 1. The Hall–Kier alpha value is -3.51. The van der Waals surface area contributed by atoms with Gasteiger partial charge in [0.2, 0.25) is 5.91 Å². The van der Waals surface area contributed by atoms with E-state index in [4.69, 9.17) is 11.6 Å². The Bertz CT molecular complexity index is 1460. The first-order chi connectivity index (χ1) is 17.8. The maximum atomic E-state index is 13.5. The summed E-state index contributed by atoms with van der Waals surface area (Å²) >= 11 is 8.88. The molecule has 2 heterocycles. The van der Waals surface area contributed by atoms with Crippen molar-refractivity contribution in [2.24, 2.45) is 0 Å². The van der Waals surface area contributed by atoms with E-state index in [1.54, 1.807) is 18.2 Å². The summed E-state index contributed by atoms with van der Waals surface area (Å²) in [5.74, 6) is -0.965. The first-order valence-corrected chi connectivity index (χ1v) is 13.7. The molecule has 0 fully saturated rings. The van der Waals surface area contributed by atoms with Crippen molar-refractivity contribution < 1.29 is 9.59 Å². The minimum atomic E-state index is -0.545. The Morgan fingerprint density at radius 2 is 1.81 bits per heavy atom. The summed E-state index contributed by atoms with van der Waals surface area (Å²) in [4.78, 5) is 27.1. The third-order valence-electron chi connectivity index (χ3n) is 6.00. The van der Waals surface area contributed by atoms with Gasteiger partial charge in [-0.3, -0.25) is 9.59 Å². The number of aryl methyl sites for hydroxylation is 1. The number of allylic oxidation sites excluding steroid dienone is 2. The number of nitrogens with one attached hydrogen (secondary N) is 3. The smallest absolute Gasteiger partial charge is 0.254 e. The number of rotatable bonds is 7. The van der Waals surface area contributed by atoms with E-state index in [-0.39, 0.29) is 17.6 Å². The van der Waals surface area contributed by atoms with Crippen LogP contribution in [-0.2, 0) is 9.59 Å². The molecule has 3 aromatic rings. The molecule has 1 aromatic heterocycles. The molecule has 1 atom stereocenters. The number of halogens is 1. The Kier molecular flexibility index (Phi) is 8.39. The van der Waals surface area contributed by atoms with Crippen molar-refractivity contribution in [1.29, 1.82) is 5.26 Å². The van der Waals surface area contributed by atoms with Crippen LogP contribution in [0.5, 0.6) is 0 Å². The summed E-state index contributed by atoms with van der Waals surface area (Å²) in [7, 11) is 0. The lowest BCUT2D eigenvalue weighted by Crippen LogP contribution is -2.31. The van der Waals surface area contributed by atoms with Crippen molar-refractivity contribution in [3.05, 3.63) is 103 Å². The topological polar surface area (TPSA) is 94.0 Å². The molecule has 6 nitrogen and oxygen atoms in total. The molecule has 1 aliphatic rings. The average Bonchev–Trinajstić information content (AvgIpc) is 3.41. The normalized spacial score (nSPS) is 15.2. The molecule has 0 unspecified atom stereocenters. The van der Waals surface area contributed by atoms with Crippen LogP contribution in [0.1, 0.15) is 28.8 Å². The Morgan fingerprint density at radius 1 is 1.05 bits per heavy atom. The molecule has 0 saturated carbocycles. The molecule has 4 rings (SSSR count). The second-order valence-electron chi connectivity index (χ2n) is 8.49. The quantitative estimate of drug-likeness (QED) is 0.304. The molecule has 2 aromatic carbocycles. The lowest BCUT2D eigenvalue weighted by molar-refractivity contribution is -0.114. The number of nitriles is 1. The molecule has 3 N–H and O–H groups in total. The molecule has 0 aliphatic carbocycles. The SMILES string of the molecule is CC1=C(C(=O)Nc2ccccc2C)[C@H](c2cccs2)C(C#N)=C(SCC(=O)Nc2cccc(Cl)c2C)N1. The highest BCUT2D eigenvalue weighted by Gasteiger charge is 2.35. The van der Waals surface area contributed by atoms with E-state index in [1.165, 1.54) is 23.1 Å². The lowest BCUT2D eigenvalue weighted by Gasteiger charge is -2.29. The number of carbonyl (C=O) groups excluding carboxylic acids is 2. The first kappa shape index (κ1) is 26.6. The van der Waals surface area contributed by atoms with Crippen LogP contribution in [0.3, 0.4) is 0 Å². The minimum Gasteiger partial charge on any atom is -0.353 e. The molecular formula is C28H25ClN4O2S2. The Balaban J connectivity index is 1.59. The van der Waals surface area contributed by atoms with Crippen LogP contribution >= 0.6 is 34.7 Å². The van der Waals surface area contributed by atoms with E-state index in [1.807, 2.05) is 62.5 Å². The van der Waals surface area contributed by atoms with E-state index >= 15 is 0 Å². The van der Waals surface area contributed by atoms with Crippen LogP contribution in [0.15, 0.2) is 81.8 Å². The monoisotopic (exact) mass is 548 g/mol. The summed E-state index contributed by atoms with van der Waals surface area (Å²) in [5, 5.41) is 22.4. The standard InChI is InChI=1S/C28H25ClN4O2S2/c1-16-8-4-5-10-21(16)33-27(35)25-18(3)31-28(19(14-30)26(25)23-12-7-13-36-23)37-15-24(34)32-22-11-6-9-20(29)17(22)2/h4-13,26,31H,15H2,1-3H3,(H,32,34)(H,33,35)/t26-/m0/s1. The molecular weight excluding hydrogens is 524 g/mol. The molecule has 188 valence electrons. The van der Waals surface area contributed by atoms with Crippen LogP contribution < -0.4 is 16.0 Å². The van der Waals surface area contributed by atoms with Crippen molar-refractivity contribution in [2.75, 3.05) is 16.4 Å². The van der Waals surface area contributed by atoms with Crippen molar-refractivity contribution in [1.82, 2.24) is 5.32 Å². The number of hydrogen-bond donors (Lipinski definition) is 3. The van der Waals surface area contributed by atoms with Gasteiger partial charge in [0.1, 0.15) is 0 Å². The van der Waals surface area contributed by atoms with E-state index in [0.717, 1.165) is 16.0 Å². The number of hydrogen-bond acceptors (Lipinski definition) is 6. The van der Waals surface area contributed by atoms with Gasteiger partial charge in [-0.25, -0.2) is 0 Å². The fourth-order valence-corrected chi connectivity index (χ4v) is 5.95. The summed E-state index contributed by atoms with van der Waals surface area (Å²) in [6.45, 7) is 5.59. The highest BCUT2D eigenvalue weighted by molar-refractivity contribution is 8.03. The molecule has 37 heavy (non-hydrogen) atoms. The van der Waals surface area contributed by atoms with Crippen LogP contribution in [0.2, 0.25) is 5.02 Å². The molecule has 0 radical (unpaired) electrons. The zero-order chi connectivity index (χ0) is 26.5. The van der Waals surface area contributed by atoms with Gasteiger partial charge in [-0.2, -0.15) is 5.26 Å². The molecule has 2 amide bonds. The van der Waals surface area contributed by atoms with Crippen molar-refractivity contribution in [3.63, 3.8) is 0 Å². The summed E-state index contributed by atoms with van der Waals surface area (Å²) in [6.07, 6.45) is 0. The van der Waals surface area contributed by atoms with Gasteiger partial charge in [0.15, 0.2) is 0 Å². The van der Waals surface area contributed by atoms with E-state index in [0.29, 0.717) is 38.3 Å². The summed E-state index contributed by atoms with van der Waals surface area (Å²) in [6, 6.07) is 19.0. The Morgan fingerprint density at radius 3 is 2.51 bits per heavy atom. The summed E-state index contributed by atoms with van der Waals surface area (Å²) < 4.78 is 0. The predicted octanol–water partition coefficient (Wildman–Crippen LogP) is 6.72. The van der Waals surface area contributed by atoms with Gasteiger partial charge in [-0.1, -0.05) is 53.7 Å². The van der Waals surface area contributed by atoms with Crippen LogP contribution in [0.25, 0.3) is 0 Å². The third kappa shape index (κ3) is 5.91. The maximum absolute atomic E-state index is 13.5. The number of benzene rings is 2. The zero-order valence-corrected chi connectivity index (χ0v) is 22.9. The second kappa shape index (κ2) is 11.7. The molecule has 0 bridgehead atoms. The Labute approximate surface area is 229 Å². The number of amides is 2. The van der Waals surface area contributed by atoms with Crippen LogP contribution in [0.4, 0.5) is 11.4 Å². The minimum absolute atomic E-state index is 0.0780. The fourth-order valence-electron chi connectivity index (χ4n) is 4.04. The van der Waals surface area contributed by atoms with E-state index in [9.17, 15) is 14.9 Å². The van der Waals surface area contributed by atoms with Crippen LogP contribution in [-0.4, -0.2) is 17.6 Å². The molecule has 0 saturated heterocycles. The average molecular weight is 549 g/mol. The van der Waals surface area contributed by atoms with Gasteiger partial charge in [-0.15, -0.1) is 11.3 Å². The number of carbonyl (C=O) groups is 2. The van der Waals surface area contributed by atoms with Gasteiger partial charge in [-0.05, 0) is 61.5 Å². The van der Waals surface area contributed by atoms with Crippen molar-refractivity contribution >= 4 is 57.9 Å². The second-order valence-corrected chi connectivity index (χ2v) is 10.9. The first-order valence-electron chi connectivity index (χ1n) is 11.5. The third-order valence-corrected chi connectivity index (χ3v) is 8.37. The van der Waals surface area contributed by atoms with Gasteiger partial charge in [0.05, 0.1) is 28.3 Å². The molecule has 9 heteroatoms. The number of thiophene rings is 1. The van der Waals surface area contributed by atoms with Crippen molar-refractivity contribution in [3.8, 4) is 6.07 Å². The lowest BCUT2D eigenvalue weighted by atomic mass is 9.86. The van der Waals surface area contributed by atoms with Gasteiger partial charge in [0.25, 0.3) is 5.91 Å². The van der Waals surface area contributed by atoms with Gasteiger partial charge in [0, 0.05) is 32.5 Å². The zero-order valence-electron chi connectivity index (χ0n) is 20.5. The molecule has 0 spiro atoms. The highest BCUT2D eigenvalue weighted by Crippen LogP contribution is 2.42. The number of dihydropyridines is 1.